The van der Waals surface area contributed by atoms with E-state index < -0.39 is 11.6 Å². The second kappa shape index (κ2) is 5.68. The third-order valence-corrected chi connectivity index (χ3v) is 3.15. The summed E-state index contributed by atoms with van der Waals surface area (Å²) in [5.74, 6) is -1.44. The lowest BCUT2D eigenvalue weighted by Crippen LogP contribution is -2.14. The lowest BCUT2D eigenvalue weighted by Gasteiger charge is -2.23. The summed E-state index contributed by atoms with van der Waals surface area (Å²) < 4.78 is 27.3. The van der Waals surface area contributed by atoms with E-state index in [9.17, 15) is 8.78 Å². The van der Waals surface area contributed by atoms with Crippen LogP contribution in [0.25, 0.3) is 0 Å². The molecule has 21 heavy (non-hydrogen) atoms. The molecule has 0 saturated carbocycles. The van der Waals surface area contributed by atoms with E-state index in [0.717, 1.165) is 17.3 Å². The average molecular weight is 291 g/mol. The molecule has 0 aliphatic rings. The van der Waals surface area contributed by atoms with Gasteiger partial charge in [-0.2, -0.15) is 0 Å². The maximum atomic E-state index is 13.9. The van der Waals surface area contributed by atoms with Gasteiger partial charge in [-0.25, -0.2) is 13.8 Å². The summed E-state index contributed by atoms with van der Waals surface area (Å²) in [7, 11) is 1.54. The van der Waals surface area contributed by atoms with Crippen LogP contribution in [0.15, 0.2) is 30.3 Å². The minimum atomic E-state index is -0.727. The van der Waals surface area contributed by atoms with Crippen LogP contribution in [0.2, 0.25) is 0 Å². The Morgan fingerprint density at radius 2 is 1.62 bits per heavy atom. The Labute approximate surface area is 123 Å². The standard InChI is InChI=1S/C16H19F2N3/c1-16(2,3)10-7-5-6-8-13(10)20-15-12(18)9-11(17)14(19-4)21-15/h5-9H,1-4H3,(H2,19,20,21). The van der Waals surface area contributed by atoms with Gasteiger partial charge >= 0.3 is 0 Å². The summed E-state index contributed by atoms with van der Waals surface area (Å²) in [5.41, 5.74) is 1.68. The Kier molecular flexibility index (Phi) is 4.11. The van der Waals surface area contributed by atoms with E-state index in [2.05, 4.69) is 36.4 Å². The lowest BCUT2D eigenvalue weighted by atomic mass is 9.86. The van der Waals surface area contributed by atoms with Gasteiger partial charge in [0.1, 0.15) is 0 Å². The first-order valence-corrected chi connectivity index (χ1v) is 6.73. The summed E-state index contributed by atoms with van der Waals surface area (Å²) in [6.45, 7) is 6.21. The van der Waals surface area contributed by atoms with Gasteiger partial charge in [0.25, 0.3) is 0 Å². The molecule has 2 aromatic rings. The molecule has 0 radical (unpaired) electrons. The van der Waals surface area contributed by atoms with Gasteiger partial charge < -0.3 is 10.6 Å². The number of para-hydroxylation sites is 1. The molecule has 0 aliphatic carbocycles. The van der Waals surface area contributed by atoms with Crippen LogP contribution in [0.4, 0.5) is 26.1 Å². The van der Waals surface area contributed by atoms with Crippen LogP contribution in [0.5, 0.6) is 0 Å². The molecule has 0 fully saturated rings. The fourth-order valence-corrected chi connectivity index (χ4v) is 2.10. The first-order valence-electron chi connectivity index (χ1n) is 6.73. The molecule has 0 bridgehead atoms. The Bertz CT molecular complexity index is 648. The van der Waals surface area contributed by atoms with Crippen LogP contribution in [0.3, 0.4) is 0 Å². The summed E-state index contributed by atoms with van der Waals surface area (Å²) in [5, 5.41) is 5.56. The second-order valence-electron chi connectivity index (χ2n) is 5.82. The van der Waals surface area contributed by atoms with Crippen molar-refractivity contribution in [2.75, 3.05) is 17.7 Å². The van der Waals surface area contributed by atoms with E-state index in [1.54, 1.807) is 0 Å². The van der Waals surface area contributed by atoms with Crippen LogP contribution < -0.4 is 10.6 Å². The molecule has 1 aromatic carbocycles. The number of benzene rings is 1. The van der Waals surface area contributed by atoms with Crippen LogP contribution in [0.1, 0.15) is 26.3 Å². The van der Waals surface area contributed by atoms with Crippen molar-refractivity contribution in [2.24, 2.45) is 0 Å². The number of hydrogen-bond donors (Lipinski definition) is 2. The van der Waals surface area contributed by atoms with Gasteiger partial charge in [0, 0.05) is 18.8 Å². The molecule has 2 rings (SSSR count). The average Bonchev–Trinajstić information content (AvgIpc) is 2.41. The number of halogens is 2. The van der Waals surface area contributed by atoms with Crippen molar-refractivity contribution in [1.82, 2.24) is 4.98 Å². The Balaban J connectivity index is 2.44. The first kappa shape index (κ1) is 15.2. The third kappa shape index (κ3) is 3.29. The largest absolute Gasteiger partial charge is 0.371 e. The second-order valence-corrected chi connectivity index (χ2v) is 5.82. The van der Waals surface area contributed by atoms with Gasteiger partial charge in [-0.15, -0.1) is 0 Å². The molecule has 112 valence electrons. The molecule has 0 saturated heterocycles. The first-order chi connectivity index (χ1) is 9.82. The summed E-state index contributed by atoms with van der Waals surface area (Å²) in [4.78, 5) is 3.94. The van der Waals surface area contributed by atoms with E-state index in [1.807, 2.05) is 24.3 Å². The molecule has 1 heterocycles. The number of rotatable bonds is 3. The maximum absolute atomic E-state index is 13.9. The normalized spacial score (nSPS) is 11.3. The molecule has 1 aromatic heterocycles. The van der Waals surface area contributed by atoms with Crippen LogP contribution in [-0.4, -0.2) is 12.0 Å². The van der Waals surface area contributed by atoms with Gasteiger partial charge in [0.15, 0.2) is 23.3 Å². The predicted octanol–water partition coefficient (Wildman–Crippen LogP) is 4.44. The van der Waals surface area contributed by atoms with Crippen molar-refractivity contribution in [3.05, 3.63) is 47.5 Å². The number of pyridine rings is 1. The molecular weight excluding hydrogens is 272 g/mol. The fraction of sp³-hybridized carbons (Fsp3) is 0.312. The van der Waals surface area contributed by atoms with E-state index in [1.165, 1.54) is 7.05 Å². The zero-order valence-electron chi connectivity index (χ0n) is 12.6. The van der Waals surface area contributed by atoms with E-state index in [-0.39, 0.29) is 17.1 Å². The van der Waals surface area contributed by atoms with Gasteiger partial charge in [-0.3, -0.25) is 0 Å². The summed E-state index contributed by atoms with van der Waals surface area (Å²) in [6.07, 6.45) is 0. The number of hydrogen-bond acceptors (Lipinski definition) is 3. The Morgan fingerprint density at radius 1 is 1.00 bits per heavy atom. The van der Waals surface area contributed by atoms with Crippen molar-refractivity contribution < 1.29 is 8.78 Å². The topological polar surface area (TPSA) is 37.0 Å². The molecule has 5 heteroatoms. The molecule has 0 aliphatic heterocycles. The van der Waals surface area contributed by atoms with Gasteiger partial charge in [0.05, 0.1) is 0 Å². The highest BCUT2D eigenvalue weighted by molar-refractivity contribution is 5.64. The van der Waals surface area contributed by atoms with Crippen molar-refractivity contribution in [1.29, 1.82) is 0 Å². The highest BCUT2D eigenvalue weighted by atomic mass is 19.1. The van der Waals surface area contributed by atoms with Crippen molar-refractivity contribution in [3.8, 4) is 0 Å². The highest BCUT2D eigenvalue weighted by Crippen LogP contribution is 2.32. The predicted molar refractivity (Wildman–Crippen MR) is 82.1 cm³/mol. The Morgan fingerprint density at radius 3 is 2.24 bits per heavy atom. The van der Waals surface area contributed by atoms with Gasteiger partial charge in [-0.1, -0.05) is 39.0 Å². The smallest absolute Gasteiger partial charge is 0.169 e. The minimum Gasteiger partial charge on any atom is -0.371 e. The molecular formula is C16H19F2N3. The van der Waals surface area contributed by atoms with E-state index in [0.29, 0.717) is 0 Å². The van der Waals surface area contributed by atoms with E-state index in [4.69, 9.17) is 0 Å². The molecule has 0 atom stereocenters. The summed E-state index contributed by atoms with van der Waals surface area (Å²) >= 11 is 0. The number of nitrogens with zero attached hydrogens (tertiary/aromatic N) is 1. The van der Waals surface area contributed by atoms with E-state index >= 15 is 0 Å². The van der Waals surface area contributed by atoms with Gasteiger partial charge in [0.2, 0.25) is 0 Å². The SMILES string of the molecule is CNc1nc(Nc2ccccc2C(C)(C)C)c(F)cc1F. The molecule has 0 amide bonds. The molecule has 0 unspecified atom stereocenters. The zero-order valence-corrected chi connectivity index (χ0v) is 12.6. The van der Waals surface area contributed by atoms with Crippen molar-refractivity contribution in [2.45, 2.75) is 26.2 Å². The monoisotopic (exact) mass is 291 g/mol. The van der Waals surface area contributed by atoms with Crippen molar-refractivity contribution in [3.63, 3.8) is 0 Å². The third-order valence-electron chi connectivity index (χ3n) is 3.15. The fourth-order valence-electron chi connectivity index (χ4n) is 2.10. The molecule has 2 N–H and O–H groups in total. The van der Waals surface area contributed by atoms with Crippen molar-refractivity contribution >= 4 is 17.3 Å². The number of anilines is 3. The zero-order chi connectivity index (χ0) is 15.6. The van der Waals surface area contributed by atoms with Gasteiger partial charge in [-0.05, 0) is 17.0 Å². The molecule has 3 nitrogen and oxygen atoms in total. The number of nitrogens with one attached hydrogen (secondary N) is 2. The Hall–Kier alpha value is -2.17. The molecule has 0 spiro atoms. The number of aromatic nitrogens is 1. The minimum absolute atomic E-state index is 0.00236. The summed E-state index contributed by atoms with van der Waals surface area (Å²) in [6, 6.07) is 8.44. The van der Waals surface area contributed by atoms with Crippen LogP contribution in [-0.2, 0) is 5.41 Å². The highest BCUT2D eigenvalue weighted by Gasteiger charge is 2.19. The maximum Gasteiger partial charge on any atom is 0.169 e. The van der Waals surface area contributed by atoms with Crippen LogP contribution >= 0.6 is 0 Å². The quantitative estimate of drug-likeness (QED) is 0.877. The van der Waals surface area contributed by atoms with Crippen LogP contribution in [0, 0.1) is 11.6 Å². The lowest BCUT2D eigenvalue weighted by molar-refractivity contribution is 0.578.